The molecule has 1 rings (SSSR count). The zero-order chi connectivity index (χ0) is 17.8. The number of anilines is 1. The van der Waals surface area contributed by atoms with Gasteiger partial charge in [0.05, 0.1) is 15.7 Å². The number of rotatable bonds is 5. The number of hydrogen-bond acceptors (Lipinski definition) is 4. The summed E-state index contributed by atoms with van der Waals surface area (Å²) >= 11 is 16.8. The summed E-state index contributed by atoms with van der Waals surface area (Å²) in [6.07, 6.45) is 1.12. The number of carboxylic acids is 2. The monoisotopic (exact) mass is 379 g/mol. The largest absolute Gasteiger partial charge is 0.478 e. The Morgan fingerprint density at radius 2 is 1.78 bits per heavy atom. The van der Waals surface area contributed by atoms with Gasteiger partial charge < -0.3 is 26.6 Å². The van der Waals surface area contributed by atoms with Crippen LogP contribution in [0.3, 0.4) is 0 Å². The lowest BCUT2D eigenvalue weighted by Gasteiger charge is -2.11. The fourth-order valence-electron chi connectivity index (χ4n) is 1.10. The van der Waals surface area contributed by atoms with Crippen molar-refractivity contribution >= 4 is 58.2 Å². The summed E-state index contributed by atoms with van der Waals surface area (Å²) in [4.78, 5) is 19.1. The molecule has 0 spiro atoms. The Hall–Kier alpha value is -1.87. The predicted molar refractivity (Wildman–Crippen MR) is 94.2 cm³/mol. The normalized spacial score (nSPS) is 9.70. The molecule has 23 heavy (non-hydrogen) atoms. The number of nitrogens with one attached hydrogen (secondary N) is 2. The molecule has 0 bridgehead atoms. The molecule has 0 radical (unpaired) electrons. The van der Waals surface area contributed by atoms with Crippen molar-refractivity contribution in [2.75, 3.05) is 18.4 Å². The molecule has 0 aliphatic heterocycles. The van der Waals surface area contributed by atoms with Gasteiger partial charge in [0, 0.05) is 25.2 Å². The van der Waals surface area contributed by atoms with Gasteiger partial charge in [0.25, 0.3) is 0 Å². The van der Waals surface area contributed by atoms with Crippen LogP contribution in [0.25, 0.3) is 0 Å². The molecule has 0 aromatic heterocycles. The summed E-state index contributed by atoms with van der Waals surface area (Å²) in [5, 5.41) is 22.9. The minimum atomic E-state index is -1.26. The van der Waals surface area contributed by atoms with Crippen molar-refractivity contribution in [3.05, 3.63) is 40.4 Å². The number of carboxylic acid groups (broad SMARTS) is 2. The van der Waals surface area contributed by atoms with Gasteiger partial charge >= 0.3 is 11.9 Å². The first kappa shape index (κ1) is 21.1. The molecule has 0 atom stereocenters. The van der Waals surface area contributed by atoms with Gasteiger partial charge in [-0.2, -0.15) is 0 Å². The fourth-order valence-corrected chi connectivity index (χ4v) is 1.65. The van der Waals surface area contributed by atoms with E-state index in [9.17, 15) is 9.59 Å². The maximum Gasteiger partial charge on any atom is 0.328 e. The average Bonchev–Trinajstić information content (AvgIpc) is 2.48. The lowest BCUT2D eigenvalue weighted by atomic mass is 10.3. The minimum absolute atomic E-state index is 0.455. The van der Waals surface area contributed by atoms with Crippen molar-refractivity contribution in [3.63, 3.8) is 0 Å². The standard InChI is InChI=1S/C9H11Cl2N3S.C4H4O4/c10-6-2-1-3-7(8(6)11)14-9(15)13-5-4-12;5-3(6)1-2-4(7)8/h1-3H,4-5,12H2,(H2,13,14,15);1-2H,(H,5,6)(H,7,8)/b;2-1-. The SMILES string of the molecule is NCCNC(=S)Nc1cccc(Cl)c1Cl.O=C(O)/C=C\C(=O)O. The molecule has 1 aromatic rings. The highest BCUT2D eigenvalue weighted by Crippen LogP contribution is 2.29. The van der Waals surface area contributed by atoms with E-state index in [4.69, 9.17) is 51.4 Å². The van der Waals surface area contributed by atoms with E-state index in [1.54, 1.807) is 18.2 Å². The Kier molecular flexibility index (Phi) is 10.7. The number of thiocarbonyl (C=S) groups is 1. The molecule has 6 N–H and O–H groups in total. The van der Waals surface area contributed by atoms with Gasteiger partial charge in [-0.3, -0.25) is 0 Å². The van der Waals surface area contributed by atoms with Gasteiger partial charge in [0.15, 0.2) is 5.11 Å². The first-order valence-electron chi connectivity index (χ1n) is 6.10. The topological polar surface area (TPSA) is 125 Å². The molecule has 0 unspecified atom stereocenters. The molecule has 1 aromatic carbocycles. The van der Waals surface area contributed by atoms with E-state index < -0.39 is 11.9 Å². The summed E-state index contributed by atoms with van der Waals surface area (Å²) in [5.74, 6) is -2.51. The predicted octanol–water partition coefficient (Wildman–Crippen LogP) is 1.95. The highest BCUT2D eigenvalue weighted by molar-refractivity contribution is 7.80. The van der Waals surface area contributed by atoms with Crippen LogP contribution in [0.2, 0.25) is 10.0 Å². The minimum Gasteiger partial charge on any atom is -0.478 e. The zero-order valence-corrected chi connectivity index (χ0v) is 14.1. The third-order valence-electron chi connectivity index (χ3n) is 2.00. The van der Waals surface area contributed by atoms with Crippen LogP contribution in [-0.4, -0.2) is 40.4 Å². The molecular weight excluding hydrogens is 365 g/mol. The van der Waals surface area contributed by atoms with Crippen molar-refractivity contribution in [1.82, 2.24) is 5.32 Å². The van der Waals surface area contributed by atoms with Crippen LogP contribution in [0.1, 0.15) is 0 Å². The van der Waals surface area contributed by atoms with Crippen LogP contribution >= 0.6 is 35.4 Å². The molecule has 10 heteroatoms. The number of halogens is 2. The Morgan fingerprint density at radius 3 is 2.26 bits per heavy atom. The van der Waals surface area contributed by atoms with Gasteiger partial charge in [-0.15, -0.1) is 0 Å². The van der Waals surface area contributed by atoms with E-state index in [1.807, 2.05) is 0 Å². The van der Waals surface area contributed by atoms with E-state index in [1.165, 1.54) is 0 Å². The Morgan fingerprint density at radius 1 is 1.22 bits per heavy atom. The first-order chi connectivity index (χ1) is 10.8. The highest BCUT2D eigenvalue weighted by atomic mass is 35.5. The second-order valence-electron chi connectivity index (χ2n) is 3.78. The molecule has 0 aliphatic carbocycles. The van der Waals surface area contributed by atoms with Crippen molar-refractivity contribution < 1.29 is 19.8 Å². The molecule has 0 saturated heterocycles. The number of nitrogens with two attached hydrogens (primary N) is 1. The third-order valence-corrected chi connectivity index (χ3v) is 3.06. The van der Waals surface area contributed by atoms with E-state index >= 15 is 0 Å². The van der Waals surface area contributed by atoms with Gasteiger partial charge in [-0.25, -0.2) is 9.59 Å². The van der Waals surface area contributed by atoms with Gasteiger partial charge in [-0.05, 0) is 24.4 Å². The molecule has 0 saturated carbocycles. The lowest BCUT2D eigenvalue weighted by Crippen LogP contribution is -2.32. The summed E-state index contributed by atoms with van der Waals surface area (Å²) < 4.78 is 0. The van der Waals surface area contributed by atoms with Crippen molar-refractivity contribution in [2.45, 2.75) is 0 Å². The van der Waals surface area contributed by atoms with Gasteiger partial charge in [-0.1, -0.05) is 29.3 Å². The van der Waals surface area contributed by atoms with E-state index in [0.717, 1.165) is 0 Å². The number of carbonyl (C=O) groups is 2. The molecular formula is C13H15Cl2N3O4S. The van der Waals surface area contributed by atoms with E-state index in [-0.39, 0.29) is 0 Å². The number of aliphatic carboxylic acids is 2. The van der Waals surface area contributed by atoms with Gasteiger partial charge in [0.1, 0.15) is 0 Å². The van der Waals surface area contributed by atoms with Crippen molar-refractivity contribution in [2.24, 2.45) is 5.73 Å². The Bertz CT molecular complexity index is 581. The fraction of sp³-hybridized carbons (Fsp3) is 0.154. The number of benzene rings is 1. The van der Waals surface area contributed by atoms with E-state index in [2.05, 4.69) is 10.6 Å². The summed E-state index contributed by atoms with van der Waals surface area (Å²) in [7, 11) is 0. The van der Waals surface area contributed by atoms with E-state index in [0.29, 0.717) is 46.1 Å². The number of hydrogen-bond donors (Lipinski definition) is 5. The molecule has 126 valence electrons. The smallest absolute Gasteiger partial charge is 0.328 e. The second kappa shape index (κ2) is 11.7. The summed E-state index contributed by atoms with van der Waals surface area (Å²) in [6, 6.07) is 5.30. The Labute approximate surface area is 148 Å². The summed E-state index contributed by atoms with van der Waals surface area (Å²) in [5.41, 5.74) is 6.01. The van der Waals surface area contributed by atoms with Crippen LogP contribution in [0.15, 0.2) is 30.4 Å². The molecule has 0 amide bonds. The third kappa shape index (κ3) is 10.5. The van der Waals surface area contributed by atoms with Crippen molar-refractivity contribution in [1.29, 1.82) is 0 Å². The quantitative estimate of drug-likeness (QED) is 0.388. The first-order valence-corrected chi connectivity index (χ1v) is 7.27. The van der Waals surface area contributed by atoms with Crippen LogP contribution in [0.5, 0.6) is 0 Å². The maximum atomic E-state index is 9.55. The summed E-state index contributed by atoms with van der Waals surface area (Å²) in [6.45, 7) is 1.13. The van der Waals surface area contributed by atoms with Crippen LogP contribution in [0, 0.1) is 0 Å². The lowest BCUT2D eigenvalue weighted by molar-refractivity contribution is -0.134. The average molecular weight is 380 g/mol. The highest BCUT2D eigenvalue weighted by Gasteiger charge is 2.04. The van der Waals surface area contributed by atoms with Gasteiger partial charge in [0.2, 0.25) is 0 Å². The molecule has 0 fully saturated rings. The van der Waals surface area contributed by atoms with Crippen LogP contribution in [-0.2, 0) is 9.59 Å². The van der Waals surface area contributed by atoms with Crippen molar-refractivity contribution in [3.8, 4) is 0 Å². The maximum absolute atomic E-state index is 9.55. The van der Waals surface area contributed by atoms with Crippen LogP contribution < -0.4 is 16.4 Å². The molecule has 7 nitrogen and oxygen atoms in total. The molecule has 0 aliphatic rings. The Balaban J connectivity index is 0.000000515. The van der Waals surface area contributed by atoms with Crippen LogP contribution in [0.4, 0.5) is 5.69 Å². The second-order valence-corrected chi connectivity index (χ2v) is 4.97. The molecule has 0 heterocycles. The zero-order valence-electron chi connectivity index (χ0n) is 11.8.